The minimum Gasteiger partial charge on any atom is -0.306 e. The molecule has 0 bridgehead atoms. The molecule has 14 heavy (non-hydrogen) atoms. The largest absolute Gasteiger partial charge is 0.306 e. The van der Waals surface area contributed by atoms with Crippen LogP contribution in [0.2, 0.25) is 0 Å². The monoisotopic (exact) mass is 195 g/mol. The van der Waals surface area contributed by atoms with Gasteiger partial charge < -0.3 is 4.90 Å². The molecule has 0 radical (unpaired) electrons. The fourth-order valence-electron chi connectivity index (χ4n) is 3.92. The lowest BCUT2D eigenvalue weighted by molar-refractivity contribution is 0.0382. The van der Waals surface area contributed by atoms with Gasteiger partial charge in [-0.05, 0) is 51.1 Å². The van der Waals surface area contributed by atoms with Gasteiger partial charge in [0.15, 0.2) is 0 Å². The van der Waals surface area contributed by atoms with E-state index in [0.717, 1.165) is 23.8 Å². The highest BCUT2D eigenvalue weighted by Crippen LogP contribution is 2.44. The van der Waals surface area contributed by atoms with E-state index in [0.29, 0.717) is 0 Å². The molecule has 2 aliphatic carbocycles. The van der Waals surface area contributed by atoms with E-state index in [1.807, 2.05) is 0 Å². The van der Waals surface area contributed by atoms with Crippen molar-refractivity contribution in [3.8, 4) is 0 Å². The highest BCUT2D eigenvalue weighted by atomic mass is 15.1. The zero-order chi connectivity index (χ0) is 10.1. The molecule has 2 saturated carbocycles. The maximum Gasteiger partial charge on any atom is 0.0120 e. The topological polar surface area (TPSA) is 3.24 Å². The molecular formula is C13H25N. The Kier molecular flexibility index (Phi) is 3.16. The Hall–Kier alpha value is -0.0400. The standard InChI is InChI=1S/C13H25N/c1-10-6-4-8-12-11(10)7-5-9-13(12)14(2)3/h10-13H,4-9H2,1-3H3/t10?,11?,12?,13-/m0/s1. The third kappa shape index (κ3) is 1.84. The molecule has 0 aromatic carbocycles. The van der Waals surface area contributed by atoms with Gasteiger partial charge in [0.05, 0.1) is 0 Å². The number of hydrogen-bond acceptors (Lipinski definition) is 1. The second kappa shape index (κ2) is 4.22. The summed E-state index contributed by atoms with van der Waals surface area (Å²) >= 11 is 0. The second-order valence-corrected chi connectivity index (χ2v) is 5.70. The lowest BCUT2D eigenvalue weighted by atomic mass is 9.64. The summed E-state index contributed by atoms with van der Waals surface area (Å²) in [6, 6.07) is 0.886. The number of fused-ring (bicyclic) bond motifs is 1. The van der Waals surface area contributed by atoms with E-state index in [9.17, 15) is 0 Å². The van der Waals surface area contributed by atoms with Crippen LogP contribution in [0.3, 0.4) is 0 Å². The fourth-order valence-corrected chi connectivity index (χ4v) is 3.92. The molecule has 0 saturated heterocycles. The highest BCUT2D eigenvalue weighted by molar-refractivity contribution is 4.91. The Morgan fingerprint density at radius 3 is 2.21 bits per heavy atom. The van der Waals surface area contributed by atoms with Crippen LogP contribution in [-0.2, 0) is 0 Å². The van der Waals surface area contributed by atoms with E-state index in [1.165, 1.54) is 38.5 Å². The van der Waals surface area contributed by atoms with Gasteiger partial charge in [0.1, 0.15) is 0 Å². The predicted octanol–water partition coefficient (Wildman–Crippen LogP) is 3.15. The average Bonchev–Trinajstić information content (AvgIpc) is 2.17. The molecule has 3 unspecified atom stereocenters. The van der Waals surface area contributed by atoms with E-state index in [2.05, 4.69) is 25.9 Å². The molecule has 0 amide bonds. The normalized spacial score (nSPS) is 43.7. The Morgan fingerprint density at radius 1 is 0.857 bits per heavy atom. The minimum atomic E-state index is 0.886. The summed E-state index contributed by atoms with van der Waals surface area (Å²) in [6.45, 7) is 2.48. The van der Waals surface area contributed by atoms with E-state index in [-0.39, 0.29) is 0 Å². The summed E-state index contributed by atoms with van der Waals surface area (Å²) < 4.78 is 0. The molecule has 0 aromatic rings. The Balaban J connectivity index is 2.08. The van der Waals surface area contributed by atoms with E-state index < -0.39 is 0 Å². The van der Waals surface area contributed by atoms with Crippen molar-refractivity contribution in [3.63, 3.8) is 0 Å². The molecule has 0 spiro atoms. The molecule has 0 N–H and O–H groups in total. The summed E-state index contributed by atoms with van der Waals surface area (Å²) in [5, 5.41) is 0. The van der Waals surface area contributed by atoms with Crippen LogP contribution in [0.1, 0.15) is 45.4 Å². The van der Waals surface area contributed by atoms with E-state index in [4.69, 9.17) is 0 Å². The van der Waals surface area contributed by atoms with Crippen molar-refractivity contribution < 1.29 is 0 Å². The van der Waals surface area contributed by atoms with Crippen LogP contribution in [0.5, 0.6) is 0 Å². The van der Waals surface area contributed by atoms with Gasteiger partial charge in [0.2, 0.25) is 0 Å². The number of hydrogen-bond donors (Lipinski definition) is 0. The third-order valence-corrected chi connectivity index (χ3v) is 4.67. The van der Waals surface area contributed by atoms with E-state index in [1.54, 1.807) is 0 Å². The average molecular weight is 195 g/mol. The second-order valence-electron chi connectivity index (χ2n) is 5.70. The van der Waals surface area contributed by atoms with Gasteiger partial charge in [-0.3, -0.25) is 0 Å². The summed E-state index contributed by atoms with van der Waals surface area (Å²) in [7, 11) is 4.54. The molecule has 82 valence electrons. The van der Waals surface area contributed by atoms with Gasteiger partial charge >= 0.3 is 0 Å². The molecule has 0 aromatic heterocycles. The van der Waals surface area contributed by atoms with Crippen molar-refractivity contribution in [3.05, 3.63) is 0 Å². The molecule has 1 heteroatoms. The molecule has 2 fully saturated rings. The first-order valence-corrected chi connectivity index (χ1v) is 6.36. The summed E-state index contributed by atoms with van der Waals surface area (Å²) in [6.07, 6.45) is 8.89. The first kappa shape index (κ1) is 10.5. The van der Waals surface area contributed by atoms with Gasteiger partial charge in [-0.25, -0.2) is 0 Å². The van der Waals surface area contributed by atoms with Crippen LogP contribution < -0.4 is 0 Å². The smallest absolute Gasteiger partial charge is 0.0120 e. The van der Waals surface area contributed by atoms with Crippen LogP contribution in [0.15, 0.2) is 0 Å². The quantitative estimate of drug-likeness (QED) is 0.621. The Bertz CT molecular complexity index is 182. The highest BCUT2D eigenvalue weighted by Gasteiger charge is 2.38. The summed E-state index contributed by atoms with van der Waals surface area (Å²) in [5.74, 6) is 3.06. The van der Waals surface area contributed by atoms with Crippen LogP contribution >= 0.6 is 0 Å². The van der Waals surface area contributed by atoms with Crippen molar-refractivity contribution in [2.24, 2.45) is 17.8 Å². The van der Waals surface area contributed by atoms with Crippen LogP contribution in [0.4, 0.5) is 0 Å². The molecule has 4 atom stereocenters. The van der Waals surface area contributed by atoms with Crippen molar-refractivity contribution in [1.29, 1.82) is 0 Å². The van der Waals surface area contributed by atoms with E-state index >= 15 is 0 Å². The Morgan fingerprint density at radius 2 is 1.50 bits per heavy atom. The first-order valence-electron chi connectivity index (χ1n) is 6.36. The molecule has 0 aliphatic heterocycles. The third-order valence-electron chi connectivity index (χ3n) is 4.67. The molecule has 0 heterocycles. The van der Waals surface area contributed by atoms with Crippen molar-refractivity contribution in [1.82, 2.24) is 4.90 Å². The van der Waals surface area contributed by atoms with Crippen molar-refractivity contribution in [2.75, 3.05) is 14.1 Å². The molecule has 2 rings (SSSR count). The number of nitrogens with zero attached hydrogens (tertiary/aromatic N) is 1. The van der Waals surface area contributed by atoms with Gasteiger partial charge in [0.25, 0.3) is 0 Å². The van der Waals surface area contributed by atoms with Crippen molar-refractivity contribution >= 4 is 0 Å². The maximum absolute atomic E-state index is 2.48. The van der Waals surface area contributed by atoms with Gasteiger partial charge in [-0.2, -0.15) is 0 Å². The van der Waals surface area contributed by atoms with Crippen LogP contribution in [-0.4, -0.2) is 25.0 Å². The SMILES string of the molecule is CC1CCCC2C1CCC[C@@H]2N(C)C. The first-order chi connectivity index (χ1) is 6.70. The number of rotatable bonds is 1. The minimum absolute atomic E-state index is 0.886. The lowest BCUT2D eigenvalue weighted by Crippen LogP contribution is -2.45. The van der Waals surface area contributed by atoms with Gasteiger partial charge in [0, 0.05) is 6.04 Å². The molecular weight excluding hydrogens is 170 g/mol. The molecule has 2 aliphatic rings. The fraction of sp³-hybridized carbons (Fsp3) is 1.00. The predicted molar refractivity (Wildman–Crippen MR) is 61.3 cm³/mol. The van der Waals surface area contributed by atoms with Gasteiger partial charge in [-0.15, -0.1) is 0 Å². The van der Waals surface area contributed by atoms with Crippen molar-refractivity contribution in [2.45, 2.75) is 51.5 Å². The lowest BCUT2D eigenvalue weighted by Gasteiger charge is -2.47. The zero-order valence-electron chi connectivity index (χ0n) is 10.00. The Labute approximate surface area is 88.9 Å². The summed E-state index contributed by atoms with van der Waals surface area (Å²) in [5.41, 5.74) is 0. The molecule has 1 nitrogen and oxygen atoms in total. The van der Waals surface area contributed by atoms with Crippen LogP contribution in [0, 0.1) is 17.8 Å². The van der Waals surface area contributed by atoms with Gasteiger partial charge in [-0.1, -0.05) is 26.2 Å². The van der Waals surface area contributed by atoms with Crippen LogP contribution in [0.25, 0.3) is 0 Å². The maximum atomic E-state index is 2.48. The zero-order valence-corrected chi connectivity index (χ0v) is 10.00. The summed E-state index contributed by atoms with van der Waals surface area (Å²) in [4.78, 5) is 2.48.